The monoisotopic (exact) mass is 468 g/mol. The predicted molar refractivity (Wildman–Crippen MR) is 110 cm³/mol. The molecular formula is C20H25IN2O3. The van der Waals surface area contributed by atoms with E-state index in [1.165, 1.54) is 6.42 Å². The zero-order valence-corrected chi connectivity index (χ0v) is 17.5. The number of amides is 1. The largest absolute Gasteiger partial charge is 0.493 e. The molecule has 6 heteroatoms. The minimum Gasteiger partial charge on any atom is -0.493 e. The molecule has 0 aliphatic heterocycles. The Balaban J connectivity index is 2.20. The number of benzene rings is 1. The van der Waals surface area contributed by atoms with E-state index in [1.54, 1.807) is 19.3 Å². The molecule has 1 amide bonds. The van der Waals surface area contributed by atoms with Gasteiger partial charge in [-0.2, -0.15) is 5.26 Å². The second kappa shape index (κ2) is 10.4. The molecule has 1 saturated carbocycles. The maximum atomic E-state index is 12.4. The van der Waals surface area contributed by atoms with Crippen molar-refractivity contribution in [1.29, 1.82) is 5.26 Å². The minimum absolute atomic E-state index is 0.107. The first-order valence-corrected chi connectivity index (χ1v) is 10.1. The molecule has 0 saturated heterocycles. The average Bonchev–Trinajstić information content (AvgIpc) is 2.65. The highest BCUT2D eigenvalue weighted by Crippen LogP contribution is 2.34. The lowest BCUT2D eigenvalue weighted by atomic mass is 9.95. The Morgan fingerprint density at radius 2 is 2.12 bits per heavy atom. The van der Waals surface area contributed by atoms with E-state index in [2.05, 4.69) is 27.9 Å². The molecule has 0 bridgehead atoms. The van der Waals surface area contributed by atoms with Crippen molar-refractivity contribution in [1.82, 2.24) is 5.32 Å². The number of rotatable bonds is 7. The quantitative estimate of drug-likeness (QED) is 0.365. The van der Waals surface area contributed by atoms with E-state index in [9.17, 15) is 10.1 Å². The van der Waals surface area contributed by atoms with Crippen molar-refractivity contribution in [3.63, 3.8) is 0 Å². The lowest BCUT2D eigenvalue weighted by molar-refractivity contribution is -0.117. The molecule has 2 rings (SSSR count). The van der Waals surface area contributed by atoms with Crippen LogP contribution in [0.25, 0.3) is 6.08 Å². The fraction of sp³-hybridized carbons (Fsp3) is 0.500. The standard InChI is InChI=1S/C20H25IN2O3/c1-3-9-26-19-17(21)11-14(12-18(19)25-2)10-15(13-22)20(24)23-16-7-5-4-6-8-16/h10-12,16H,3-9H2,1-2H3,(H,23,24)/b15-10+. The van der Waals surface area contributed by atoms with Gasteiger partial charge in [0.25, 0.3) is 5.91 Å². The summed E-state index contributed by atoms with van der Waals surface area (Å²) >= 11 is 2.18. The van der Waals surface area contributed by atoms with Gasteiger partial charge in [0, 0.05) is 6.04 Å². The SMILES string of the molecule is CCCOc1c(I)cc(/C=C(\C#N)C(=O)NC2CCCCC2)cc1OC. The van der Waals surface area contributed by atoms with Gasteiger partial charge in [-0.1, -0.05) is 26.2 Å². The maximum absolute atomic E-state index is 12.4. The first-order chi connectivity index (χ1) is 12.6. The van der Waals surface area contributed by atoms with Gasteiger partial charge in [0.15, 0.2) is 11.5 Å². The number of carbonyl (C=O) groups is 1. The highest BCUT2D eigenvalue weighted by Gasteiger charge is 2.18. The van der Waals surface area contributed by atoms with E-state index >= 15 is 0 Å². The summed E-state index contributed by atoms with van der Waals surface area (Å²) in [5.41, 5.74) is 0.848. The molecule has 0 aromatic heterocycles. The number of nitrogens with zero attached hydrogens (tertiary/aromatic N) is 1. The van der Waals surface area contributed by atoms with Gasteiger partial charge < -0.3 is 14.8 Å². The third-order valence-electron chi connectivity index (χ3n) is 4.32. The summed E-state index contributed by atoms with van der Waals surface area (Å²) in [6, 6.07) is 5.87. The van der Waals surface area contributed by atoms with Crippen molar-refractivity contribution in [3.8, 4) is 17.6 Å². The number of nitriles is 1. The Morgan fingerprint density at radius 1 is 1.38 bits per heavy atom. The highest BCUT2D eigenvalue weighted by molar-refractivity contribution is 14.1. The summed E-state index contributed by atoms with van der Waals surface area (Å²) in [6.45, 7) is 2.65. The van der Waals surface area contributed by atoms with E-state index in [1.807, 2.05) is 19.1 Å². The summed E-state index contributed by atoms with van der Waals surface area (Å²) in [5, 5.41) is 12.4. The van der Waals surface area contributed by atoms with Crippen LogP contribution in [0.1, 0.15) is 51.0 Å². The second-order valence-electron chi connectivity index (χ2n) is 6.36. The summed E-state index contributed by atoms with van der Waals surface area (Å²) in [7, 11) is 1.58. The normalized spacial score (nSPS) is 15.2. The van der Waals surface area contributed by atoms with Gasteiger partial charge in [0.2, 0.25) is 0 Å². The molecule has 26 heavy (non-hydrogen) atoms. The number of hydrogen-bond donors (Lipinski definition) is 1. The minimum atomic E-state index is -0.306. The van der Waals surface area contributed by atoms with Crippen LogP contribution in [0.4, 0.5) is 0 Å². The van der Waals surface area contributed by atoms with Gasteiger partial charge in [-0.15, -0.1) is 0 Å². The molecule has 1 aliphatic rings. The number of hydrogen-bond acceptors (Lipinski definition) is 4. The maximum Gasteiger partial charge on any atom is 0.262 e. The van der Waals surface area contributed by atoms with Crippen molar-refractivity contribution >= 4 is 34.6 Å². The van der Waals surface area contributed by atoms with Crippen molar-refractivity contribution in [2.24, 2.45) is 0 Å². The molecule has 1 aromatic rings. The lowest BCUT2D eigenvalue weighted by Gasteiger charge is -2.22. The van der Waals surface area contributed by atoms with Gasteiger partial charge in [0.05, 0.1) is 17.3 Å². The molecule has 0 spiro atoms. The molecule has 5 nitrogen and oxygen atoms in total. The summed E-state index contributed by atoms with van der Waals surface area (Å²) in [4.78, 5) is 12.4. The third-order valence-corrected chi connectivity index (χ3v) is 5.12. The first-order valence-electron chi connectivity index (χ1n) is 9.02. The predicted octanol–water partition coefficient (Wildman–Crippen LogP) is 4.44. The van der Waals surface area contributed by atoms with Crippen LogP contribution in [0.15, 0.2) is 17.7 Å². The van der Waals surface area contributed by atoms with Crippen LogP contribution in [-0.4, -0.2) is 25.7 Å². The van der Waals surface area contributed by atoms with Crippen molar-refractivity contribution in [2.45, 2.75) is 51.5 Å². The van der Waals surface area contributed by atoms with Gasteiger partial charge >= 0.3 is 0 Å². The van der Waals surface area contributed by atoms with Crippen molar-refractivity contribution in [3.05, 3.63) is 26.8 Å². The molecule has 1 fully saturated rings. The van der Waals surface area contributed by atoms with E-state index in [4.69, 9.17) is 9.47 Å². The smallest absolute Gasteiger partial charge is 0.262 e. The Kier molecular flexibility index (Phi) is 8.23. The Hall–Kier alpha value is -1.75. The molecular weight excluding hydrogens is 443 g/mol. The lowest BCUT2D eigenvalue weighted by Crippen LogP contribution is -2.36. The fourth-order valence-corrected chi connectivity index (χ4v) is 3.77. The molecule has 1 N–H and O–H groups in total. The topological polar surface area (TPSA) is 71.3 Å². The molecule has 1 aromatic carbocycles. The number of carbonyl (C=O) groups excluding carboxylic acids is 1. The Morgan fingerprint density at radius 3 is 2.73 bits per heavy atom. The van der Waals surface area contributed by atoms with Gasteiger partial charge in [-0.3, -0.25) is 4.79 Å². The van der Waals surface area contributed by atoms with Crippen LogP contribution in [0.3, 0.4) is 0 Å². The summed E-state index contributed by atoms with van der Waals surface area (Å²) in [6.07, 6.45) is 7.96. The molecule has 0 unspecified atom stereocenters. The zero-order chi connectivity index (χ0) is 18.9. The number of ether oxygens (including phenoxy) is 2. The molecule has 0 heterocycles. The summed E-state index contributed by atoms with van der Waals surface area (Å²) in [5.74, 6) is 0.985. The van der Waals surface area contributed by atoms with Gasteiger partial charge in [-0.25, -0.2) is 0 Å². The molecule has 0 radical (unpaired) electrons. The van der Waals surface area contributed by atoms with E-state index in [0.717, 1.165) is 41.2 Å². The number of methoxy groups -OCH3 is 1. The van der Waals surface area contributed by atoms with Gasteiger partial charge in [0.1, 0.15) is 11.6 Å². The van der Waals surface area contributed by atoms with E-state index in [-0.39, 0.29) is 17.5 Å². The highest BCUT2D eigenvalue weighted by atomic mass is 127. The summed E-state index contributed by atoms with van der Waals surface area (Å²) < 4.78 is 12.0. The van der Waals surface area contributed by atoms with Crippen LogP contribution in [0.2, 0.25) is 0 Å². The zero-order valence-electron chi connectivity index (χ0n) is 15.3. The second-order valence-corrected chi connectivity index (χ2v) is 7.52. The molecule has 140 valence electrons. The van der Waals surface area contributed by atoms with Crippen LogP contribution < -0.4 is 14.8 Å². The van der Waals surface area contributed by atoms with Crippen LogP contribution >= 0.6 is 22.6 Å². The fourth-order valence-electron chi connectivity index (χ4n) is 2.99. The third kappa shape index (κ3) is 5.63. The first kappa shape index (κ1) is 20.6. The number of nitrogens with one attached hydrogen (secondary N) is 1. The average molecular weight is 468 g/mol. The van der Waals surface area contributed by atoms with Crippen LogP contribution in [-0.2, 0) is 4.79 Å². The number of halogens is 1. The Labute approximate surface area is 168 Å². The van der Waals surface area contributed by atoms with Crippen molar-refractivity contribution in [2.75, 3.05) is 13.7 Å². The molecule has 0 atom stereocenters. The van der Waals surface area contributed by atoms with E-state index in [0.29, 0.717) is 18.1 Å². The van der Waals surface area contributed by atoms with Crippen LogP contribution in [0, 0.1) is 14.9 Å². The molecule has 1 aliphatic carbocycles. The Bertz CT molecular complexity index is 704. The van der Waals surface area contributed by atoms with Gasteiger partial charge in [-0.05, 0) is 65.6 Å². The van der Waals surface area contributed by atoms with Crippen LogP contribution in [0.5, 0.6) is 11.5 Å². The van der Waals surface area contributed by atoms with Crippen molar-refractivity contribution < 1.29 is 14.3 Å². The van der Waals surface area contributed by atoms with E-state index < -0.39 is 0 Å².